The molecule has 0 radical (unpaired) electrons. The van der Waals surface area contributed by atoms with Gasteiger partial charge in [0.1, 0.15) is 5.75 Å². The fraction of sp³-hybridized carbons (Fsp3) is 0.0870. The summed E-state index contributed by atoms with van der Waals surface area (Å²) in [5, 5.41) is 14.6. The average Bonchev–Trinajstić information content (AvgIpc) is 2.84. The third-order valence-corrected chi connectivity index (χ3v) is 5.51. The first-order chi connectivity index (χ1) is 16.8. The fourth-order valence-corrected chi connectivity index (χ4v) is 3.41. The number of halogens is 2. The number of carbonyl (C=O) groups is 2. The number of methoxy groups -OCH3 is 1. The lowest BCUT2D eigenvalue weighted by molar-refractivity contribution is -0.384. The highest BCUT2D eigenvalue weighted by molar-refractivity contribution is 9.10. The van der Waals surface area contributed by atoms with E-state index in [-0.39, 0.29) is 23.8 Å². The third-order valence-electron chi connectivity index (χ3n) is 4.36. The number of hydrazone groups is 1. The van der Waals surface area contributed by atoms with Gasteiger partial charge >= 0.3 is 5.97 Å². The molecule has 10 nitrogen and oxygen atoms in total. The maximum atomic E-state index is 12.3. The van der Waals surface area contributed by atoms with Crippen LogP contribution in [0, 0.1) is 10.1 Å². The second-order valence-corrected chi connectivity index (χ2v) is 8.53. The largest absolute Gasteiger partial charge is 0.493 e. The fourth-order valence-electron chi connectivity index (χ4n) is 2.67. The van der Waals surface area contributed by atoms with Crippen LogP contribution in [0.15, 0.2) is 74.7 Å². The zero-order valence-electron chi connectivity index (χ0n) is 18.1. The number of nitrogens with one attached hydrogen (secondary N) is 1. The Morgan fingerprint density at radius 2 is 1.74 bits per heavy atom. The number of esters is 1. The molecule has 0 aromatic heterocycles. The van der Waals surface area contributed by atoms with E-state index in [0.717, 1.165) is 4.47 Å². The van der Waals surface area contributed by atoms with Crippen LogP contribution in [0.2, 0.25) is 0 Å². The van der Waals surface area contributed by atoms with E-state index < -0.39 is 16.8 Å². The van der Waals surface area contributed by atoms with Gasteiger partial charge in [-0.3, -0.25) is 14.9 Å². The van der Waals surface area contributed by atoms with Crippen molar-refractivity contribution in [3.8, 4) is 17.2 Å². The summed E-state index contributed by atoms with van der Waals surface area (Å²) in [5.41, 5.74) is 3.16. The number of nitro benzene ring substituents is 1. The molecule has 3 rings (SSSR count). The molecule has 12 heteroatoms. The van der Waals surface area contributed by atoms with Crippen LogP contribution in [-0.2, 0) is 4.79 Å². The molecule has 180 valence electrons. The predicted molar refractivity (Wildman–Crippen MR) is 134 cm³/mol. The number of nitro groups is 1. The molecule has 3 aromatic rings. The number of non-ortho nitro benzene ring substituents is 1. The van der Waals surface area contributed by atoms with E-state index in [1.54, 1.807) is 42.5 Å². The number of nitrogens with zero attached hydrogens (tertiary/aromatic N) is 2. The smallest absolute Gasteiger partial charge is 0.343 e. The molecule has 35 heavy (non-hydrogen) atoms. The summed E-state index contributed by atoms with van der Waals surface area (Å²) in [5.74, 6) is -0.281. The number of amides is 1. The Bertz CT molecular complexity index is 1280. The number of rotatable bonds is 9. The third kappa shape index (κ3) is 7.36. The molecule has 0 aliphatic rings. The Balaban J connectivity index is 1.56. The highest BCUT2D eigenvalue weighted by Gasteiger charge is 2.13. The summed E-state index contributed by atoms with van der Waals surface area (Å²) >= 11 is 6.47. The molecule has 0 unspecified atom stereocenters. The molecule has 0 saturated carbocycles. The van der Waals surface area contributed by atoms with Crippen molar-refractivity contribution in [3.05, 3.63) is 90.9 Å². The number of benzene rings is 3. The second-order valence-electron chi connectivity index (χ2n) is 6.76. The van der Waals surface area contributed by atoms with Crippen molar-refractivity contribution < 1.29 is 28.7 Å². The van der Waals surface area contributed by atoms with Crippen molar-refractivity contribution in [2.75, 3.05) is 13.7 Å². The molecular formula is C23H17Br2N3O7. The Kier molecular flexibility index (Phi) is 8.92. The van der Waals surface area contributed by atoms with Crippen LogP contribution in [0.4, 0.5) is 5.69 Å². The molecule has 0 heterocycles. The summed E-state index contributed by atoms with van der Waals surface area (Å²) in [6.45, 7) is -0.359. The van der Waals surface area contributed by atoms with Crippen LogP contribution in [-0.4, -0.2) is 36.7 Å². The van der Waals surface area contributed by atoms with E-state index in [1.165, 1.54) is 31.5 Å². The predicted octanol–water partition coefficient (Wildman–Crippen LogP) is 4.88. The van der Waals surface area contributed by atoms with Gasteiger partial charge < -0.3 is 14.2 Å². The Hall–Kier alpha value is -3.77. The molecule has 0 bridgehead atoms. The Morgan fingerprint density at radius 1 is 1.03 bits per heavy atom. The van der Waals surface area contributed by atoms with Crippen LogP contribution in [0.25, 0.3) is 0 Å². The van der Waals surface area contributed by atoms with Crippen molar-refractivity contribution in [3.63, 3.8) is 0 Å². The van der Waals surface area contributed by atoms with Crippen LogP contribution in [0.5, 0.6) is 17.2 Å². The molecule has 0 atom stereocenters. The van der Waals surface area contributed by atoms with Gasteiger partial charge in [0.05, 0.1) is 28.3 Å². The number of carbonyl (C=O) groups excluding carboxylic acids is 2. The summed E-state index contributed by atoms with van der Waals surface area (Å²) in [7, 11) is 1.43. The molecule has 0 saturated heterocycles. The maximum Gasteiger partial charge on any atom is 0.343 e. The van der Waals surface area contributed by atoms with E-state index in [4.69, 9.17) is 14.2 Å². The van der Waals surface area contributed by atoms with Crippen LogP contribution >= 0.6 is 31.9 Å². The van der Waals surface area contributed by atoms with E-state index in [9.17, 15) is 19.7 Å². The SMILES string of the molecule is COc1cc(/C=N\NC(=O)COc2ccc([N+](=O)[O-])cc2Br)ccc1OC(=O)c1ccc(Br)cc1. The number of hydrogen-bond donors (Lipinski definition) is 1. The van der Waals surface area contributed by atoms with E-state index in [1.807, 2.05) is 0 Å². The minimum absolute atomic E-state index is 0.109. The second kappa shape index (κ2) is 12.1. The molecule has 1 N–H and O–H groups in total. The molecule has 0 spiro atoms. The maximum absolute atomic E-state index is 12.3. The van der Waals surface area contributed by atoms with Crippen molar-refractivity contribution in [1.82, 2.24) is 5.43 Å². The molecular weight excluding hydrogens is 590 g/mol. The minimum atomic E-state index is -0.543. The summed E-state index contributed by atoms with van der Waals surface area (Å²) in [6, 6.07) is 15.4. The summed E-state index contributed by atoms with van der Waals surface area (Å²) in [4.78, 5) is 34.6. The molecule has 3 aromatic carbocycles. The van der Waals surface area contributed by atoms with E-state index in [0.29, 0.717) is 21.3 Å². The zero-order chi connectivity index (χ0) is 25.4. The van der Waals surface area contributed by atoms with Gasteiger partial charge in [-0.25, -0.2) is 10.2 Å². The van der Waals surface area contributed by atoms with E-state index >= 15 is 0 Å². The number of ether oxygens (including phenoxy) is 3. The quantitative estimate of drug-likeness (QED) is 0.121. The van der Waals surface area contributed by atoms with Crippen molar-refractivity contribution in [1.29, 1.82) is 0 Å². The first-order valence-electron chi connectivity index (χ1n) is 9.81. The topological polar surface area (TPSA) is 129 Å². The van der Waals surface area contributed by atoms with Gasteiger partial charge in [0.25, 0.3) is 11.6 Å². The standard InChI is InChI=1S/C23H17Br2N3O7/c1-33-21-10-14(2-8-20(21)35-23(30)15-3-5-16(24)6-4-15)12-26-27-22(29)13-34-19-9-7-17(28(31)32)11-18(19)25/h2-12H,13H2,1H3,(H,27,29)/b26-12-. The summed E-state index contributed by atoms with van der Waals surface area (Å²) < 4.78 is 17.2. The van der Waals surface area contributed by atoms with Crippen molar-refractivity contribution in [2.45, 2.75) is 0 Å². The van der Waals surface area contributed by atoms with Crippen molar-refractivity contribution in [2.24, 2.45) is 5.10 Å². The van der Waals surface area contributed by atoms with Crippen LogP contribution in [0.1, 0.15) is 15.9 Å². The van der Waals surface area contributed by atoms with Gasteiger partial charge in [0.2, 0.25) is 0 Å². The molecule has 0 fully saturated rings. The molecule has 0 aliphatic carbocycles. The Labute approximate surface area is 216 Å². The molecule has 1 amide bonds. The van der Waals surface area contributed by atoms with Gasteiger partial charge in [-0.05, 0) is 70.0 Å². The summed E-state index contributed by atoms with van der Waals surface area (Å²) in [6.07, 6.45) is 1.38. The van der Waals surface area contributed by atoms with Gasteiger partial charge in [0, 0.05) is 16.6 Å². The van der Waals surface area contributed by atoms with E-state index in [2.05, 4.69) is 42.4 Å². The normalized spacial score (nSPS) is 10.6. The highest BCUT2D eigenvalue weighted by atomic mass is 79.9. The average molecular weight is 607 g/mol. The van der Waals surface area contributed by atoms with Gasteiger partial charge in [0.15, 0.2) is 18.1 Å². The minimum Gasteiger partial charge on any atom is -0.493 e. The highest BCUT2D eigenvalue weighted by Crippen LogP contribution is 2.29. The van der Waals surface area contributed by atoms with Gasteiger partial charge in [-0.2, -0.15) is 5.10 Å². The lowest BCUT2D eigenvalue weighted by Crippen LogP contribution is -2.24. The Morgan fingerprint density at radius 3 is 2.40 bits per heavy atom. The molecule has 0 aliphatic heterocycles. The number of hydrogen-bond acceptors (Lipinski definition) is 8. The van der Waals surface area contributed by atoms with Gasteiger partial charge in [-0.15, -0.1) is 0 Å². The van der Waals surface area contributed by atoms with Gasteiger partial charge in [-0.1, -0.05) is 15.9 Å². The monoisotopic (exact) mass is 605 g/mol. The lowest BCUT2D eigenvalue weighted by atomic mass is 10.2. The van der Waals surface area contributed by atoms with Crippen molar-refractivity contribution >= 4 is 55.6 Å². The first kappa shape index (κ1) is 25.8. The zero-order valence-corrected chi connectivity index (χ0v) is 21.2. The first-order valence-corrected chi connectivity index (χ1v) is 11.4. The lowest BCUT2D eigenvalue weighted by Gasteiger charge is -2.10. The van der Waals surface area contributed by atoms with Crippen LogP contribution < -0.4 is 19.6 Å². The van der Waals surface area contributed by atoms with Crippen LogP contribution in [0.3, 0.4) is 0 Å².